The first-order chi connectivity index (χ1) is 6.27. The molecule has 3 heteroatoms. The minimum atomic E-state index is 0.684. The van der Waals surface area contributed by atoms with Crippen LogP contribution in [0.4, 0.5) is 5.82 Å². The minimum Gasteiger partial charge on any atom is -0.499 e. The molecule has 1 rings (SSSR count). The molecule has 13 heavy (non-hydrogen) atoms. The van der Waals surface area contributed by atoms with Gasteiger partial charge in [-0.15, -0.1) is 0 Å². The molecule has 0 spiro atoms. The third-order valence-electron chi connectivity index (χ3n) is 1.65. The molecule has 0 aliphatic rings. The number of nitrogens with zero attached hydrogens (tertiary/aromatic N) is 1. The van der Waals surface area contributed by atoms with Crippen molar-refractivity contribution < 1.29 is 4.74 Å². The first-order valence-corrected chi connectivity index (χ1v) is 4.23. The van der Waals surface area contributed by atoms with Gasteiger partial charge in [-0.3, -0.25) is 0 Å². The smallest absolute Gasteiger partial charge is 0.136 e. The fraction of sp³-hybridized carbons (Fsp3) is 0.300. The number of aliphatic imine (C=N–C) groups is 1. The molecule has 0 bridgehead atoms. The van der Waals surface area contributed by atoms with E-state index < -0.39 is 0 Å². The summed E-state index contributed by atoms with van der Waals surface area (Å²) in [7, 11) is 0. The Morgan fingerprint density at radius 3 is 3.15 bits per heavy atom. The highest BCUT2D eigenvalue weighted by atomic mass is 16.5. The van der Waals surface area contributed by atoms with Crippen LogP contribution in [0.1, 0.15) is 19.4 Å². The van der Waals surface area contributed by atoms with Gasteiger partial charge in [0.05, 0.1) is 12.4 Å². The van der Waals surface area contributed by atoms with Gasteiger partial charge in [-0.05, 0) is 32.7 Å². The monoisotopic (exact) mass is 178 g/mol. The lowest BCUT2D eigenvalue weighted by atomic mass is 10.3. The molecular formula is C10H14N2O. The van der Waals surface area contributed by atoms with Gasteiger partial charge in [-0.2, -0.15) is 0 Å². The van der Waals surface area contributed by atoms with Crippen molar-refractivity contribution in [2.24, 2.45) is 4.99 Å². The number of allylic oxidation sites excluding steroid dienone is 1. The largest absolute Gasteiger partial charge is 0.499 e. The van der Waals surface area contributed by atoms with Crippen molar-refractivity contribution in [3.8, 4) is 0 Å². The Hall–Kier alpha value is -1.51. The van der Waals surface area contributed by atoms with Crippen LogP contribution in [-0.2, 0) is 4.74 Å². The molecule has 1 heterocycles. The minimum absolute atomic E-state index is 0.684. The molecule has 0 aliphatic carbocycles. The van der Waals surface area contributed by atoms with Crippen LogP contribution in [0.3, 0.4) is 0 Å². The SMILES string of the molecule is C=Nc1[nH]ccc1/C=C(\C)OCC. The summed E-state index contributed by atoms with van der Waals surface area (Å²) in [5.74, 6) is 1.66. The quantitative estimate of drug-likeness (QED) is 0.558. The topological polar surface area (TPSA) is 37.4 Å². The van der Waals surface area contributed by atoms with Gasteiger partial charge < -0.3 is 9.72 Å². The van der Waals surface area contributed by atoms with E-state index in [1.54, 1.807) is 0 Å². The van der Waals surface area contributed by atoms with Crippen LogP contribution in [0.5, 0.6) is 0 Å². The van der Waals surface area contributed by atoms with Crippen molar-refractivity contribution in [1.82, 2.24) is 4.98 Å². The van der Waals surface area contributed by atoms with Crippen LogP contribution < -0.4 is 0 Å². The van der Waals surface area contributed by atoms with E-state index in [1.165, 1.54) is 0 Å². The number of hydrogen-bond acceptors (Lipinski definition) is 2. The molecule has 70 valence electrons. The second-order valence-electron chi connectivity index (χ2n) is 2.63. The van der Waals surface area contributed by atoms with Gasteiger partial charge in [0.25, 0.3) is 0 Å². The zero-order valence-electron chi connectivity index (χ0n) is 8.00. The van der Waals surface area contributed by atoms with Crippen LogP contribution in [-0.4, -0.2) is 18.3 Å². The summed E-state index contributed by atoms with van der Waals surface area (Å²) in [5, 5.41) is 0. The van der Waals surface area contributed by atoms with Crippen molar-refractivity contribution in [2.75, 3.05) is 6.61 Å². The molecule has 0 unspecified atom stereocenters. The number of H-pyrrole nitrogens is 1. The number of nitrogens with one attached hydrogen (secondary N) is 1. The van der Waals surface area contributed by atoms with E-state index in [0.29, 0.717) is 6.61 Å². The molecule has 0 aliphatic heterocycles. The van der Waals surface area contributed by atoms with Gasteiger partial charge in [-0.1, -0.05) is 0 Å². The summed E-state index contributed by atoms with van der Waals surface area (Å²) in [6.45, 7) is 8.03. The van der Waals surface area contributed by atoms with Crippen LogP contribution in [0.2, 0.25) is 0 Å². The maximum absolute atomic E-state index is 5.30. The van der Waals surface area contributed by atoms with E-state index >= 15 is 0 Å². The number of hydrogen-bond donors (Lipinski definition) is 1. The number of rotatable bonds is 4. The van der Waals surface area contributed by atoms with Crippen molar-refractivity contribution in [2.45, 2.75) is 13.8 Å². The second-order valence-corrected chi connectivity index (χ2v) is 2.63. The predicted molar refractivity (Wildman–Crippen MR) is 55.3 cm³/mol. The lowest BCUT2D eigenvalue weighted by Crippen LogP contribution is -1.85. The van der Waals surface area contributed by atoms with E-state index in [9.17, 15) is 0 Å². The second kappa shape index (κ2) is 4.50. The van der Waals surface area contributed by atoms with Crippen molar-refractivity contribution >= 4 is 18.6 Å². The van der Waals surface area contributed by atoms with Gasteiger partial charge in [0.15, 0.2) is 0 Å². The lowest BCUT2D eigenvalue weighted by molar-refractivity contribution is 0.235. The molecule has 0 radical (unpaired) electrons. The average molecular weight is 178 g/mol. The summed E-state index contributed by atoms with van der Waals surface area (Å²) >= 11 is 0. The molecule has 0 fully saturated rings. The van der Waals surface area contributed by atoms with Crippen LogP contribution in [0, 0.1) is 0 Å². The van der Waals surface area contributed by atoms with Gasteiger partial charge in [-0.25, -0.2) is 4.99 Å². The van der Waals surface area contributed by atoms with E-state index in [2.05, 4.69) is 16.7 Å². The highest BCUT2D eigenvalue weighted by Gasteiger charge is 1.98. The Balaban J connectivity index is 2.83. The molecule has 0 saturated carbocycles. The maximum Gasteiger partial charge on any atom is 0.136 e. The number of aromatic nitrogens is 1. The summed E-state index contributed by atoms with van der Waals surface area (Å²) in [6.07, 6.45) is 3.76. The summed E-state index contributed by atoms with van der Waals surface area (Å²) in [6, 6.07) is 1.94. The third-order valence-corrected chi connectivity index (χ3v) is 1.65. The zero-order chi connectivity index (χ0) is 9.68. The normalized spacial score (nSPS) is 11.4. The first kappa shape index (κ1) is 9.58. The molecule has 0 saturated heterocycles. The van der Waals surface area contributed by atoms with Crippen LogP contribution in [0.15, 0.2) is 23.0 Å². The molecule has 0 aromatic carbocycles. The van der Waals surface area contributed by atoms with Crippen LogP contribution >= 0.6 is 0 Å². The Morgan fingerprint density at radius 1 is 1.77 bits per heavy atom. The molecule has 1 aromatic heterocycles. The first-order valence-electron chi connectivity index (χ1n) is 4.23. The van der Waals surface area contributed by atoms with E-state index in [4.69, 9.17) is 4.74 Å². The van der Waals surface area contributed by atoms with Crippen molar-refractivity contribution in [3.05, 3.63) is 23.6 Å². The van der Waals surface area contributed by atoms with Gasteiger partial charge in [0, 0.05) is 11.8 Å². The van der Waals surface area contributed by atoms with E-state index in [1.807, 2.05) is 32.2 Å². The summed E-state index contributed by atoms with van der Waals surface area (Å²) < 4.78 is 5.30. The maximum atomic E-state index is 5.30. The Kier molecular flexibility index (Phi) is 3.31. The lowest BCUT2D eigenvalue weighted by Gasteiger charge is -2.01. The van der Waals surface area contributed by atoms with E-state index in [0.717, 1.165) is 17.1 Å². The summed E-state index contributed by atoms with van der Waals surface area (Å²) in [4.78, 5) is 6.81. The molecule has 0 amide bonds. The Labute approximate surface area is 78.1 Å². The highest BCUT2D eigenvalue weighted by Crippen LogP contribution is 2.18. The molecule has 0 atom stereocenters. The van der Waals surface area contributed by atoms with Crippen molar-refractivity contribution in [3.63, 3.8) is 0 Å². The molecule has 1 N–H and O–H groups in total. The average Bonchev–Trinajstić information content (AvgIpc) is 2.52. The van der Waals surface area contributed by atoms with Crippen LogP contribution in [0.25, 0.3) is 6.08 Å². The third kappa shape index (κ3) is 2.47. The predicted octanol–water partition coefficient (Wildman–Crippen LogP) is 2.74. The van der Waals surface area contributed by atoms with Gasteiger partial charge in [0.1, 0.15) is 5.82 Å². The zero-order valence-corrected chi connectivity index (χ0v) is 8.00. The van der Waals surface area contributed by atoms with Gasteiger partial charge in [0.2, 0.25) is 0 Å². The Bertz CT molecular complexity index is 312. The molecule has 3 nitrogen and oxygen atoms in total. The fourth-order valence-electron chi connectivity index (χ4n) is 1.11. The number of aromatic amines is 1. The molecular weight excluding hydrogens is 164 g/mol. The Morgan fingerprint density at radius 2 is 2.54 bits per heavy atom. The fourth-order valence-corrected chi connectivity index (χ4v) is 1.11. The standard InChI is InChI=1S/C10H14N2O/c1-4-13-8(2)7-9-5-6-12-10(9)11-3/h5-7,12H,3-4H2,1-2H3/b8-7+. The highest BCUT2D eigenvalue weighted by molar-refractivity contribution is 5.63. The summed E-state index contributed by atoms with van der Waals surface area (Å²) in [5.41, 5.74) is 1.00. The van der Waals surface area contributed by atoms with Gasteiger partial charge >= 0.3 is 0 Å². The molecule has 1 aromatic rings. The van der Waals surface area contributed by atoms with E-state index in [-0.39, 0.29) is 0 Å². The van der Waals surface area contributed by atoms with Crippen molar-refractivity contribution in [1.29, 1.82) is 0 Å². The number of ether oxygens (including phenoxy) is 1.